The van der Waals surface area contributed by atoms with Gasteiger partial charge in [-0.15, -0.1) is 10.2 Å². The first kappa shape index (κ1) is 20.3. The average Bonchev–Trinajstić information content (AvgIpc) is 3.27. The number of carbonyl (C=O) groups is 1. The Morgan fingerprint density at radius 3 is 2.64 bits per heavy atom. The van der Waals surface area contributed by atoms with Gasteiger partial charge in [-0.05, 0) is 61.0 Å². The largest absolute Gasteiger partial charge is 0.484 e. The van der Waals surface area contributed by atoms with Gasteiger partial charge < -0.3 is 10.1 Å². The number of carbonyl (C=O) groups excluding carboxylic acids is 1. The lowest BCUT2D eigenvalue weighted by Crippen LogP contribution is -2.20. The highest BCUT2D eigenvalue weighted by Gasteiger charge is 2.11. The smallest absolute Gasteiger partial charge is 0.262 e. The van der Waals surface area contributed by atoms with Gasteiger partial charge in [0.15, 0.2) is 18.1 Å². The lowest BCUT2D eigenvalue weighted by Gasteiger charge is -2.09. The molecule has 5 aromatic rings. The Labute approximate surface area is 189 Å². The fourth-order valence-electron chi connectivity index (χ4n) is 3.43. The normalized spacial score (nSPS) is 10.8. The molecule has 0 spiro atoms. The van der Waals surface area contributed by atoms with Crippen molar-refractivity contribution in [3.63, 3.8) is 0 Å². The van der Waals surface area contributed by atoms with E-state index < -0.39 is 0 Å². The molecule has 0 aliphatic rings. The summed E-state index contributed by atoms with van der Waals surface area (Å²) in [5, 5.41) is 16.1. The van der Waals surface area contributed by atoms with Gasteiger partial charge in [0.25, 0.3) is 5.91 Å². The third-order valence-corrected chi connectivity index (χ3v) is 5.00. The zero-order valence-electron chi connectivity index (χ0n) is 17.8. The van der Waals surface area contributed by atoms with Crippen molar-refractivity contribution in [2.45, 2.75) is 6.92 Å². The number of aromatic nitrogens is 5. The molecule has 1 N–H and O–H groups in total. The number of aryl methyl sites for hydroxylation is 1. The molecule has 0 fully saturated rings. The number of amides is 1. The van der Waals surface area contributed by atoms with Crippen LogP contribution in [0.1, 0.15) is 5.56 Å². The molecule has 3 heterocycles. The molecule has 8 nitrogen and oxygen atoms in total. The van der Waals surface area contributed by atoms with Crippen LogP contribution < -0.4 is 10.1 Å². The summed E-state index contributed by atoms with van der Waals surface area (Å²) in [7, 11) is 0. The number of benzene rings is 2. The summed E-state index contributed by atoms with van der Waals surface area (Å²) in [6.45, 7) is 1.90. The summed E-state index contributed by atoms with van der Waals surface area (Å²) in [4.78, 5) is 16.4. The van der Waals surface area contributed by atoms with Crippen molar-refractivity contribution in [3.05, 3.63) is 90.8 Å². The molecular weight excluding hydrogens is 416 g/mol. The highest BCUT2D eigenvalue weighted by atomic mass is 16.5. The lowest BCUT2D eigenvalue weighted by atomic mass is 10.1. The highest BCUT2D eigenvalue weighted by molar-refractivity contribution is 5.92. The van der Waals surface area contributed by atoms with Crippen molar-refractivity contribution >= 4 is 17.2 Å². The second-order valence-electron chi connectivity index (χ2n) is 7.48. The minimum atomic E-state index is -0.240. The Balaban J connectivity index is 1.35. The zero-order chi connectivity index (χ0) is 22.6. The molecule has 0 atom stereocenters. The first-order valence-electron chi connectivity index (χ1n) is 10.4. The van der Waals surface area contributed by atoms with Crippen LogP contribution in [0.25, 0.3) is 28.3 Å². The number of fused-ring (bicyclic) bond motifs is 1. The van der Waals surface area contributed by atoms with Crippen LogP contribution in [-0.2, 0) is 4.79 Å². The van der Waals surface area contributed by atoms with Gasteiger partial charge in [0.2, 0.25) is 0 Å². The van der Waals surface area contributed by atoms with Crippen LogP contribution in [0, 0.1) is 6.92 Å². The molecule has 33 heavy (non-hydrogen) atoms. The Hall–Kier alpha value is -4.59. The quantitative estimate of drug-likeness (QED) is 0.429. The van der Waals surface area contributed by atoms with Crippen molar-refractivity contribution < 1.29 is 9.53 Å². The lowest BCUT2D eigenvalue weighted by molar-refractivity contribution is -0.118. The molecule has 162 valence electrons. The number of nitrogens with one attached hydrogen (secondary N) is 1. The van der Waals surface area contributed by atoms with Gasteiger partial charge in [0, 0.05) is 29.2 Å². The number of hydrogen-bond donors (Lipinski definition) is 1. The topological polar surface area (TPSA) is 94.3 Å². The molecule has 8 heteroatoms. The fourth-order valence-corrected chi connectivity index (χ4v) is 3.43. The van der Waals surface area contributed by atoms with Gasteiger partial charge in [-0.2, -0.15) is 9.61 Å². The standard InChI is InChI=1S/C25H20N6O2/c1-17-4-2-7-21(14-17)33-16-24(32)27-20-6-3-5-19(15-20)22-8-9-23-28-29-25(31(23)30-22)18-10-12-26-13-11-18/h2-15H,16H2,1H3,(H,27,32). The van der Waals surface area contributed by atoms with Crippen LogP contribution >= 0.6 is 0 Å². The third-order valence-electron chi connectivity index (χ3n) is 5.00. The molecule has 3 aromatic heterocycles. The van der Waals surface area contributed by atoms with Crippen LogP contribution in [0.4, 0.5) is 5.69 Å². The van der Waals surface area contributed by atoms with Crippen molar-refractivity contribution in [1.29, 1.82) is 0 Å². The van der Waals surface area contributed by atoms with Crippen molar-refractivity contribution in [2.24, 2.45) is 0 Å². The van der Waals surface area contributed by atoms with Crippen LogP contribution in [0.2, 0.25) is 0 Å². The Morgan fingerprint density at radius 1 is 0.939 bits per heavy atom. The molecule has 0 aliphatic carbocycles. The number of anilines is 1. The number of hydrogen-bond acceptors (Lipinski definition) is 6. The molecular formula is C25H20N6O2. The predicted octanol–water partition coefficient (Wildman–Crippen LogP) is 4.18. The van der Waals surface area contributed by atoms with E-state index in [1.54, 1.807) is 16.9 Å². The number of ether oxygens (including phenoxy) is 1. The minimum absolute atomic E-state index is 0.0755. The monoisotopic (exact) mass is 436 g/mol. The Bertz CT molecular complexity index is 1430. The molecule has 2 aromatic carbocycles. The van der Waals surface area contributed by atoms with Gasteiger partial charge in [0.05, 0.1) is 5.69 Å². The predicted molar refractivity (Wildman–Crippen MR) is 125 cm³/mol. The maximum atomic E-state index is 12.4. The summed E-state index contributed by atoms with van der Waals surface area (Å²) >= 11 is 0. The SMILES string of the molecule is Cc1cccc(OCC(=O)Nc2cccc(-c3ccc4nnc(-c5ccncc5)n4n3)c2)c1. The molecule has 1 amide bonds. The summed E-state index contributed by atoms with van der Waals surface area (Å²) in [5.41, 5.74) is 4.82. The van der Waals surface area contributed by atoms with Gasteiger partial charge in [-0.25, -0.2) is 0 Å². The highest BCUT2D eigenvalue weighted by Crippen LogP contribution is 2.23. The molecule has 0 radical (unpaired) electrons. The fraction of sp³-hybridized carbons (Fsp3) is 0.0800. The van der Waals surface area contributed by atoms with E-state index >= 15 is 0 Å². The first-order chi connectivity index (χ1) is 16.2. The Kier molecular flexibility index (Phi) is 5.47. The molecule has 0 unspecified atom stereocenters. The van der Waals surface area contributed by atoms with E-state index in [4.69, 9.17) is 9.84 Å². The second-order valence-corrected chi connectivity index (χ2v) is 7.48. The maximum absolute atomic E-state index is 12.4. The van der Waals surface area contributed by atoms with Gasteiger partial charge in [-0.3, -0.25) is 9.78 Å². The van der Waals surface area contributed by atoms with Gasteiger partial charge in [-0.1, -0.05) is 24.3 Å². The van der Waals surface area contributed by atoms with Gasteiger partial charge >= 0.3 is 0 Å². The third kappa shape index (κ3) is 4.54. The van der Waals surface area contributed by atoms with Crippen molar-refractivity contribution in [3.8, 4) is 28.4 Å². The minimum Gasteiger partial charge on any atom is -0.484 e. The molecule has 0 saturated carbocycles. The van der Waals surface area contributed by atoms with E-state index in [0.29, 0.717) is 22.9 Å². The molecule has 0 saturated heterocycles. The van der Waals surface area contributed by atoms with Gasteiger partial charge in [0.1, 0.15) is 5.75 Å². The summed E-state index contributed by atoms with van der Waals surface area (Å²) < 4.78 is 7.28. The first-order valence-corrected chi connectivity index (χ1v) is 10.4. The number of pyridine rings is 1. The van der Waals surface area contributed by atoms with E-state index in [1.165, 1.54) is 0 Å². The van der Waals surface area contributed by atoms with Crippen LogP contribution in [0.3, 0.4) is 0 Å². The van der Waals surface area contributed by atoms with Crippen LogP contribution in [-0.4, -0.2) is 37.3 Å². The van der Waals surface area contributed by atoms with Crippen molar-refractivity contribution in [2.75, 3.05) is 11.9 Å². The number of rotatable bonds is 6. The molecule has 0 bridgehead atoms. The summed E-state index contributed by atoms with van der Waals surface area (Å²) in [6, 6.07) is 22.5. The molecule has 5 rings (SSSR count). The zero-order valence-corrected chi connectivity index (χ0v) is 17.8. The molecule has 0 aliphatic heterocycles. The number of nitrogens with zero attached hydrogens (tertiary/aromatic N) is 5. The summed E-state index contributed by atoms with van der Waals surface area (Å²) in [6.07, 6.45) is 3.41. The average molecular weight is 436 g/mol. The van der Waals surface area contributed by atoms with E-state index in [2.05, 4.69) is 20.5 Å². The van der Waals surface area contributed by atoms with E-state index in [0.717, 1.165) is 22.4 Å². The maximum Gasteiger partial charge on any atom is 0.262 e. The second kappa shape index (κ2) is 8.88. The van der Waals surface area contributed by atoms with E-state index in [1.807, 2.05) is 79.7 Å². The van der Waals surface area contributed by atoms with Crippen molar-refractivity contribution in [1.82, 2.24) is 24.8 Å². The Morgan fingerprint density at radius 2 is 1.79 bits per heavy atom. The van der Waals surface area contributed by atoms with E-state index in [-0.39, 0.29) is 12.5 Å². The van der Waals surface area contributed by atoms with Crippen LogP contribution in [0.15, 0.2) is 85.2 Å². The van der Waals surface area contributed by atoms with Crippen LogP contribution in [0.5, 0.6) is 5.75 Å². The summed E-state index contributed by atoms with van der Waals surface area (Å²) in [5.74, 6) is 1.05. The van der Waals surface area contributed by atoms with E-state index in [9.17, 15) is 4.79 Å².